The number of rotatable bonds is 5. The maximum absolute atomic E-state index is 10.6. The van der Waals surface area contributed by atoms with Crippen molar-refractivity contribution in [1.82, 2.24) is 0 Å². The van der Waals surface area contributed by atoms with E-state index < -0.39 is 24.1 Å². The molecule has 0 aromatic carbocycles. The summed E-state index contributed by atoms with van der Waals surface area (Å²) in [5.41, 5.74) is 0. The minimum atomic E-state index is -1.10. The Morgan fingerprint density at radius 1 is 1.21 bits per heavy atom. The summed E-state index contributed by atoms with van der Waals surface area (Å²) < 4.78 is 9.38. The van der Waals surface area contributed by atoms with Crippen molar-refractivity contribution in [2.45, 2.75) is 33.5 Å². The first-order chi connectivity index (χ1) is 6.51. The molecule has 1 atom stereocenters. The predicted octanol–water partition coefficient (Wildman–Crippen LogP) is 0.664. The Labute approximate surface area is 82.4 Å². The number of carbonyl (C=O) groups excluding carboxylic acids is 3. The fourth-order valence-corrected chi connectivity index (χ4v) is 0.879. The summed E-state index contributed by atoms with van der Waals surface area (Å²) in [7, 11) is 0. The Kier molecular flexibility index (Phi) is 5.52. The standard InChI is InChI=1S/C9H14O5/c1-4-8(5-10)9(13-6(2)11)14-7(3)12/h5,8-9H,4H2,1-3H3. The smallest absolute Gasteiger partial charge is 0.305 e. The van der Waals surface area contributed by atoms with Crippen molar-refractivity contribution < 1.29 is 23.9 Å². The lowest BCUT2D eigenvalue weighted by Gasteiger charge is -2.20. The zero-order chi connectivity index (χ0) is 11.1. The van der Waals surface area contributed by atoms with Crippen LogP contribution in [-0.4, -0.2) is 24.5 Å². The average molecular weight is 202 g/mol. The summed E-state index contributed by atoms with van der Waals surface area (Å²) >= 11 is 0. The number of carbonyl (C=O) groups is 3. The molecule has 0 aliphatic rings. The maximum Gasteiger partial charge on any atom is 0.305 e. The summed E-state index contributed by atoms with van der Waals surface area (Å²) in [5, 5.41) is 0. The maximum atomic E-state index is 10.6. The van der Waals surface area contributed by atoms with Gasteiger partial charge in [0, 0.05) is 13.8 Å². The first-order valence-corrected chi connectivity index (χ1v) is 4.31. The van der Waals surface area contributed by atoms with Crippen molar-refractivity contribution in [3.8, 4) is 0 Å². The molecule has 0 N–H and O–H groups in total. The normalized spacial score (nSPS) is 12.0. The second kappa shape index (κ2) is 6.12. The van der Waals surface area contributed by atoms with Gasteiger partial charge in [-0.15, -0.1) is 0 Å². The molecule has 0 saturated heterocycles. The van der Waals surface area contributed by atoms with Crippen LogP contribution in [0.3, 0.4) is 0 Å². The Morgan fingerprint density at radius 2 is 1.64 bits per heavy atom. The van der Waals surface area contributed by atoms with E-state index in [-0.39, 0.29) is 0 Å². The van der Waals surface area contributed by atoms with Crippen molar-refractivity contribution >= 4 is 18.2 Å². The van der Waals surface area contributed by atoms with Gasteiger partial charge in [0.1, 0.15) is 6.29 Å². The number of ether oxygens (including phenoxy) is 2. The van der Waals surface area contributed by atoms with Crippen molar-refractivity contribution in [2.24, 2.45) is 5.92 Å². The fraction of sp³-hybridized carbons (Fsp3) is 0.667. The van der Waals surface area contributed by atoms with Gasteiger partial charge in [0.2, 0.25) is 0 Å². The van der Waals surface area contributed by atoms with Gasteiger partial charge in [-0.25, -0.2) is 0 Å². The topological polar surface area (TPSA) is 69.7 Å². The first kappa shape index (κ1) is 12.6. The molecule has 0 spiro atoms. The van der Waals surface area contributed by atoms with Crippen LogP contribution >= 0.6 is 0 Å². The first-order valence-electron chi connectivity index (χ1n) is 4.31. The Bertz CT molecular complexity index is 207. The molecule has 5 nitrogen and oxygen atoms in total. The van der Waals surface area contributed by atoms with Gasteiger partial charge in [0.25, 0.3) is 6.29 Å². The van der Waals surface area contributed by atoms with E-state index in [1.54, 1.807) is 6.92 Å². The highest BCUT2D eigenvalue weighted by molar-refractivity contribution is 5.69. The summed E-state index contributed by atoms with van der Waals surface area (Å²) in [6.45, 7) is 4.11. The monoisotopic (exact) mass is 202 g/mol. The molecule has 0 bridgehead atoms. The van der Waals surface area contributed by atoms with Gasteiger partial charge in [-0.1, -0.05) is 6.92 Å². The lowest BCUT2D eigenvalue weighted by Crippen LogP contribution is -2.31. The van der Waals surface area contributed by atoms with Gasteiger partial charge in [-0.3, -0.25) is 9.59 Å². The Hall–Kier alpha value is -1.39. The van der Waals surface area contributed by atoms with Gasteiger partial charge in [0.05, 0.1) is 5.92 Å². The van der Waals surface area contributed by atoms with E-state index in [1.807, 2.05) is 0 Å². The van der Waals surface area contributed by atoms with E-state index in [9.17, 15) is 14.4 Å². The number of hydrogen-bond donors (Lipinski definition) is 0. The van der Waals surface area contributed by atoms with E-state index in [2.05, 4.69) is 0 Å². The van der Waals surface area contributed by atoms with Crippen molar-refractivity contribution in [2.75, 3.05) is 0 Å². The highest BCUT2D eigenvalue weighted by Gasteiger charge is 2.25. The molecular formula is C9H14O5. The molecule has 80 valence electrons. The summed E-state index contributed by atoms with van der Waals surface area (Å²) in [5.74, 6) is -1.78. The third-order valence-electron chi connectivity index (χ3n) is 1.56. The van der Waals surface area contributed by atoms with Crippen LogP contribution in [0.1, 0.15) is 27.2 Å². The van der Waals surface area contributed by atoms with Crippen molar-refractivity contribution in [1.29, 1.82) is 0 Å². The summed E-state index contributed by atoms with van der Waals surface area (Å²) in [4.78, 5) is 31.8. The summed E-state index contributed by atoms with van der Waals surface area (Å²) in [6, 6.07) is 0. The van der Waals surface area contributed by atoms with Crippen LogP contribution in [-0.2, 0) is 23.9 Å². The van der Waals surface area contributed by atoms with Gasteiger partial charge < -0.3 is 14.3 Å². The third-order valence-corrected chi connectivity index (χ3v) is 1.56. The van der Waals surface area contributed by atoms with E-state index in [0.29, 0.717) is 12.7 Å². The molecule has 0 fully saturated rings. The van der Waals surface area contributed by atoms with Crippen LogP contribution in [0.15, 0.2) is 0 Å². The number of esters is 2. The molecule has 0 aliphatic carbocycles. The van der Waals surface area contributed by atoms with E-state index >= 15 is 0 Å². The summed E-state index contributed by atoms with van der Waals surface area (Å²) in [6.07, 6.45) is -0.0573. The van der Waals surface area contributed by atoms with Crippen LogP contribution in [0.4, 0.5) is 0 Å². The molecule has 0 aromatic rings. The minimum Gasteiger partial charge on any atom is -0.425 e. The third kappa shape index (κ3) is 4.59. The van der Waals surface area contributed by atoms with Crippen LogP contribution in [0.5, 0.6) is 0 Å². The minimum absolute atomic E-state index is 0.439. The zero-order valence-corrected chi connectivity index (χ0v) is 8.48. The van der Waals surface area contributed by atoms with Gasteiger partial charge in [-0.2, -0.15) is 0 Å². The molecule has 5 heteroatoms. The largest absolute Gasteiger partial charge is 0.425 e. The quantitative estimate of drug-likeness (QED) is 0.372. The molecule has 0 radical (unpaired) electrons. The molecule has 1 unspecified atom stereocenters. The van der Waals surface area contributed by atoms with Crippen LogP contribution in [0, 0.1) is 5.92 Å². The van der Waals surface area contributed by atoms with Crippen LogP contribution < -0.4 is 0 Å². The highest BCUT2D eigenvalue weighted by atomic mass is 16.7. The Balaban J connectivity index is 4.42. The van der Waals surface area contributed by atoms with Crippen molar-refractivity contribution in [3.63, 3.8) is 0 Å². The highest BCUT2D eigenvalue weighted by Crippen LogP contribution is 2.12. The van der Waals surface area contributed by atoms with Crippen molar-refractivity contribution in [3.05, 3.63) is 0 Å². The molecular weight excluding hydrogens is 188 g/mol. The molecule has 14 heavy (non-hydrogen) atoms. The second-order valence-corrected chi connectivity index (χ2v) is 2.80. The molecule has 0 rings (SSSR count). The molecule has 0 aliphatic heterocycles. The second-order valence-electron chi connectivity index (χ2n) is 2.80. The van der Waals surface area contributed by atoms with Gasteiger partial charge in [-0.05, 0) is 6.42 Å². The number of hydrogen-bond acceptors (Lipinski definition) is 5. The SMILES string of the molecule is CCC(C=O)C(OC(C)=O)OC(C)=O. The van der Waals surface area contributed by atoms with E-state index in [4.69, 9.17) is 9.47 Å². The molecule has 0 aromatic heterocycles. The zero-order valence-electron chi connectivity index (χ0n) is 8.48. The van der Waals surface area contributed by atoms with Crippen LogP contribution in [0.2, 0.25) is 0 Å². The van der Waals surface area contributed by atoms with Crippen LogP contribution in [0.25, 0.3) is 0 Å². The van der Waals surface area contributed by atoms with E-state index in [0.717, 1.165) is 0 Å². The Morgan fingerprint density at radius 3 is 1.86 bits per heavy atom. The number of aldehydes is 1. The average Bonchev–Trinajstić information content (AvgIpc) is 2.03. The van der Waals surface area contributed by atoms with E-state index in [1.165, 1.54) is 13.8 Å². The van der Waals surface area contributed by atoms with Gasteiger partial charge in [0.15, 0.2) is 0 Å². The molecule has 0 saturated carbocycles. The predicted molar refractivity (Wildman–Crippen MR) is 47.2 cm³/mol. The van der Waals surface area contributed by atoms with Gasteiger partial charge >= 0.3 is 11.9 Å². The lowest BCUT2D eigenvalue weighted by molar-refractivity contribution is -0.193. The molecule has 0 heterocycles. The molecule has 0 amide bonds. The fourth-order valence-electron chi connectivity index (χ4n) is 0.879. The lowest BCUT2D eigenvalue weighted by atomic mass is 10.1.